The van der Waals surface area contributed by atoms with Gasteiger partial charge in [-0.25, -0.2) is 0 Å². The first kappa shape index (κ1) is 16.5. The lowest BCUT2D eigenvalue weighted by Crippen LogP contribution is -2.51. The average molecular weight is 310 g/mol. The summed E-state index contributed by atoms with van der Waals surface area (Å²) in [6, 6.07) is 3.58. The minimum Gasteiger partial charge on any atom is -0.376 e. The van der Waals surface area contributed by atoms with Gasteiger partial charge in [0.2, 0.25) is 5.91 Å². The van der Waals surface area contributed by atoms with E-state index < -0.39 is 6.04 Å². The van der Waals surface area contributed by atoms with Crippen LogP contribution >= 0.6 is 11.3 Å². The fourth-order valence-electron chi connectivity index (χ4n) is 2.42. The number of amides is 1. The molecule has 0 saturated carbocycles. The molecule has 2 heterocycles. The summed E-state index contributed by atoms with van der Waals surface area (Å²) in [6.07, 6.45) is 2.26. The van der Waals surface area contributed by atoms with Crippen molar-refractivity contribution < 1.29 is 9.53 Å². The fourth-order valence-corrected chi connectivity index (χ4v) is 3.14. The lowest BCUT2D eigenvalue weighted by Gasteiger charge is -2.33. The highest BCUT2D eigenvalue weighted by atomic mass is 32.1. The maximum absolute atomic E-state index is 12.8. The summed E-state index contributed by atoms with van der Waals surface area (Å²) in [6.45, 7) is 8.08. The van der Waals surface area contributed by atoms with Gasteiger partial charge >= 0.3 is 0 Å². The van der Waals surface area contributed by atoms with Crippen molar-refractivity contribution in [1.29, 1.82) is 0 Å². The molecule has 1 saturated heterocycles. The zero-order valence-electron chi connectivity index (χ0n) is 13.2. The van der Waals surface area contributed by atoms with Gasteiger partial charge in [-0.2, -0.15) is 0 Å². The van der Waals surface area contributed by atoms with Crippen molar-refractivity contribution in [3.05, 3.63) is 22.4 Å². The molecule has 2 N–H and O–H groups in total. The molecule has 1 aliphatic heterocycles. The van der Waals surface area contributed by atoms with Crippen molar-refractivity contribution in [2.24, 2.45) is 11.1 Å². The Balaban J connectivity index is 2.08. The monoisotopic (exact) mass is 310 g/mol. The maximum atomic E-state index is 12.8. The van der Waals surface area contributed by atoms with E-state index in [1.807, 2.05) is 37.1 Å². The Kier molecular flexibility index (Phi) is 5.41. The smallest absolute Gasteiger partial charge is 0.240 e. The van der Waals surface area contributed by atoms with E-state index in [0.29, 0.717) is 13.1 Å². The van der Waals surface area contributed by atoms with Crippen LogP contribution in [-0.2, 0) is 16.1 Å². The fraction of sp³-hybridized carbons (Fsp3) is 0.688. The van der Waals surface area contributed by atoms with Crippen LogP contribution in [0.2, 0.25) is 0 Å². The zero-order valence-corrected chi connectivity index (χ0v) is 14.0. The molecule has 1 amide bonds. The van der Waals surface area contributed by atoms with E-state index in [0.717, 1.165) is 19.4 Å². The third-order valence-electron chi connectivity index (χ3n) is 3.89. The highest BCUT2D eigenvalue weighted by Crippen LogP contribution is 2.22. The van der Waals surface area contributed by atoms with Gasteiger partial charge in [0.05, 0.1) is 18.7 Å². The average Bonchev–Trinajstić information content (AvgIpc) is 3.08. The second-order valence-electron chi connectivity index (χ2n) is 6.78. The van der Waals surface area contributed by atoms with Gasteiger partial charge in [-0.15, -0.1) is 11.3 Å². The number of carbonyl (C=O) groups excluding carboxylic acids is 1. The van der Waals surface area contributed by atoms with Gasteiger partial charge in [-0.05, 0) is 29.7 Å². The Bertz CT molecular complexity index is 447. The van der Waals surface area contributed by atoms with Crippen LogP contribution in [0.3, 0.4) is 0 Å². The Morgan fingerprint density at radius 3 is 2.86 bits per heavy atom. The van der Waals surface area contributed by atoms with Gasteiger partial charge in [0.15, 0.2) is 0 Å². The van der Waals surface area contributed by atoms with Crippen LogP contribution in [0.1, 0.15) is 38.5 Å². The Hall–Kier alpha value is -0.910. The standard InChI is InChI=1S/C16H26N2O2S/c1-16(2,3)14(17)15(19)18(10-12-6-4-8-20-12)11-13-7-5-9-21-13/h5,7,9,12,14H,4,6,8,10-11,17H2,1-3H3. The summed E-state index contributed by atoms with van der Waals surface area (Å²) in [5, 5.41) is 2.04. The number of carbonyl (C=O) groups is 1. The molecule has 0 radical (unpaired) electrons. The maximum Gasteiger partial charge on any atom is 0.240 e. The van der Waals surface area contributed by atoms with Crippen LogP contribution in [0.4, 0.5) is 0 Å². The van der Waals surface area contributed by atoms with Gasteiger partial charge in [-0.3, -0.25) is 4.79 Å². The zero-order chi connectivity index (χ0) is 15.5. The SMILES string of the molecule is CC(C)(C)C(N)C(=O)N(Cc1cccs1)CC1CCCO1. The van der Waals surface area contributed by atoms with Crippen LogP contribution in [0.5, 0.6) is 0 Å². The summed E-state index contributed by atoms with van der Waals surface area (Å²) < 4.78 is 5.69. The second kappa shape index (κ2) is 6.90. The first-order valence-corrected chi connectivity index (χ1v) is 8.44. The quantitative estimate of drug-likeness (QED) is 0.909. The van der Waals surface area contributed by atoms with Crippen LogP contribution in [0, 0.1) is 5.41 Å². The van der Waals surface area contributed by atoms with E-state index in [2.05, 4.69) is 6.07 Å². The van der Waals surface area contributed by atoms with Crippen LogP contribution in [-0.4, -0.2) is 36.1 Å². The topological polar surface area (TPSA) is 55.6 Å². The van der Waals surface area contributed by atoms with E-state index in [4.69, 9.17) is 10.5 Å². The van der Waals surface area contributed by atoms with E-state index in [9.17, 15) is 4.79 Å². The third kappa shape index (κ3) is 4.53. The summed E-state index contributed by atoms with van der Waals surface area (Å²) in [5.74, 6) is 0.0198. The van der Waals surface area contributed by atoms with Crippen LogP contribution in [0.15, 0.2) is 17.5 Å². The van der Waals surface area contributed by atoms with Crippen molar-refractivity contribution in [2.75, 3.05) is 13.2 Å². The second-order valence-corrected chi connectivity index (χ2v) is 7.81. The highest BCUT2D eigenvalue weighted by Gasteiger charge is 2.32. The molecule has 1 aromatic rings. The molecule has 21 heavy (non-hydrogen) atoms. The number of nitrogens with zero attached hydrogens (tertiary/aromatic N) is 1. The van der Waals surface area contributed by atoms with Gasteiger partial charge in [0, 0.05) is 18.0 Å². The molecule has 5 heteroatoms. The highest BCUT2D eigenvalue weighted by molar-refractivity contribution is 7.09. The van der Waals surface area contributed by atoms with Crippen molar-refractivity contribution in [1.82, 2.24) is 4.90 Å². The molecular formula is C16H26N2O2S. The Labute approximate surface area is 131 Å². The molecule has 1 aromatic heterocycles. The molecule has 1 fully saturated rings. The first-order chi connectivity index (χ1) is 9.88. The molecule has 0 aromatic carbocycles. The van der Waals surface area contributed by atoms with E-state index in [1.54, 1.807) is 11.3 Å². The lowest BCUT2D eigenvalue weighted by atomic mass is 9.86. The summed E-state index contributed by atoms with van der Waals surface area (Å²) in [4.78, 5) is 15.8. The minimum absolute atomic E-state index is 0.0198. The number of hydrogen-bond acceptors (Lipinski definition) is 4. The van der Waals surface area contributed by atoms with E-state index in [1.165, 1.54) is 4.88 Å². The number of ether oxygens (including phenoxy) is 1. The molecule has 0 spiro atoms. The number of hydrogen-bond donors (Lipinski definition) is 1. The molecule has 2 atom stereocenters. The van der Waals surface area contributed by atoms with Crippen LogP contribution in [0.25, 0.3) is 0 Å². The summed E-state index contributed by atoms with van der Waals surface area (Å²) in [5.41, 5.74) is 5.93. The van der Waals surface area contributed by atoms with Crippen molar-refractivity contribution in [2.45, 2.75) is 52.3 Å². The molecular weight excluding hydrogens is 284 g/mol. The van der Waals surface area contributed by atoms with Gasteiger partial charge in [-0.1, -0.05) is 26.8 Å². The van der Waals surface area contributed by atoms with Crippen molar-refractivity contribution in [3.8, 4) is 0 Å². The Morgan fingerprint density at radius 1 is 1.57 bits per heavy atom. The number of thiophene rings is 1. The largest absolute Gasteiger partial charge is 0.376 e. The predicted octanol–water partition coefficient (Wildman–Crippen LogP) is 2.63. The molecule has 0 aliphatic carbocycles. The molecule has 4 nitrogen and oxygen atoms in total. The molecule has 2 unspecified atom stereocenters. The summed E-state index contributed by atoms with van der Waals surface area (Å²) >= 11 is 1.67. The number of nitrogens with two attached hydrogens (primary N) is 1. The van der Waals surface area contributed by atoms with Crippen LogP contribution < -0.4 is 5.73 Å². The minimum atomic E-state index is -0.487. The molecule has 2 rings (SSSR count). The Morgan fingerprint density at radius 2 is 2.33 bits per heavy atom. The normalized spacial score (nSPS) is 20.5. The van der Waals surface area contributed by atoms with Crippen molar-refractivity contribution in [3.63, 3.8) is 0 Å². The van der Waals surface area contributed by atoms with Gasteiger partial charge in [0.1, 0.15) is 0 Å². The van der Waals surface area contributed by atoms with E-state index >= 15 is 0 Å². The van der Waals surface area contributed by atoms with E-state index in [-0.39, 0.29) is 17.4 Å². The molecule has 0 bridgehead atoms. The number of rotatable bonds is 5. The molecule has 1 aliphatic rings. The molecule has 118 valence electrons. The van der Waals surface area contributed by atoms with Gasteiger partial charge in [0.25, 0.3) is 0 Å². The lowest BCUT2D eigenvalue weighted by molar-refractivity contribution is -0.137. The van der Waals surface area contributed by atoms with Crippen molar-refractivity contribution >= 4 is 17.2 Å². The van der Waals surface area contributed by atoms with Gasteiger partial charge < -0.3 is 15.4 Å². The predicted molar refractivity (Wildman–Crippen MR) is 86.1 cm³/mol. The third-order valence-corrected chi connectivity index (χ3v) is 4.75. The summed E-state index contributed by atoms with van der Waals surface area (Å²) in [7, 11) is 0. The first-order valence-electron chi connectivity index (χ1n) is 7.56.